The number of nitrogens with one attached hydrogen (secondary N) is 1. The molecule has 1 aliphatic heterocycles. The third-order valence-electron chi connectivity index (χ3n) is 3.94. The van der Waals surface area contributed by atoms with Crippen LogP contribution in [-0.4, -0.2) is 45.8 Å². The van der Waals surface area contributed by atoms with E-state index >= 15 is 0 Å². The Morgan fingerprint density at radius 2 is 2.35 bits per heavy atom. The van der Waals surface area contributed by atoms with Crippen molar-refractivity contribution in [1.82, 2.24) is 19.7 Å². The maximum Gasteiger partial charge on any atom is 0.222 e. The van der Waals surface area contributed by atoms with Crippen molar-refractivity contribution in [1.29, 1.82) is 0 Å². The van der Waals surface area contributed by atoms with Gasteiger partial charge in [0.2, 0.25) is 5.91 Å². The van der Waals surface area contributed by atoms with E-state index < -0.39 is 0 Å². The smallest absolute Gasteiger partial charge is 0.222 e. The third kappa shape index (κ3) is 3.87. The lowest BCUT2D eigenvalue weighted by Crippen LogP contribution is -2.22. The minimum absolute atomic E-state index is 0.104. The summed E-state index contributed by atoms with van der Waals surface area (Å²) in [5.74, 6) is 1.33. The number of aromatic nitrogens is 3. The van der Waals surface area contributed by atoms with E-state index in [-0.39, 0.29) is 5.91 Å². The van der Waals surface area contributed by atoms with E-state index in [0.717, 1.165) is 37.5 Å². The first-order chi connectivity index (χ1) is 11.1. The Kier molecular flexibility index (Phi) is 4.57. The van der Waals surface area contributed by atoms with Gasteiger partial charge in [0, 0.05) is 51.1 Å². The van der Waals surface area contributed by atoms with Crippen LogP contribution >= 0.6 is 0 Å². The molecule has 0 aliphatic carbocycles. The summed E-state index contributed by atoms with van der Waals surface area (Å²) in [6, 6.07) is 5.97. The van der Waals surface area contributed by atoms with Gasteiger partial charge in [-0.25, -0.2) is 0 Å². The summed E-state index contributed by atoms with van der Waals surface area (Å²) in [6.45, 7) is 4.20. The summed E-state index contributed by atoms with van der Waals surface area (Å²) in [4.78, 5) is 17.8. The molecule has 0 saturated carbocycles. The molecule has 0 spiro atoms. The minimum atomic E-state index is -0.104. The number of ether oxygens (including phenoxy) is 1. The predicted octanol–water partition coefficient (Wildman–Crippen LogP) is 1.69. The molecule has 0 bridgehead atoms. The number of amides is 1. The molecule has 0 radical (unpaired) electrons. The lowest BCUT2D eigenvalue weighted by atomic mass is 10.3. The average Bonchev–Trinajstić information content (AvgIpc) is 3.16. The van der Waals surface area contributed by atoms with Crippen LogP contribution in [0.4, 0.5) is 5.82 Å². The van der Waals surface area contributed by atoms with E-state index in [2.05, 4.69) is 20.3 Å². The van der Waals surface area contributed by atoms with Crippen molar-refractivity contribution in [2.75, 3.05) is 25.5 Å². The molecular formula is C16H21N5O2. The summed E-state index contributed by atoms with van der Waals surface area (Å²) >= 11 is 0. The lowest BCUT2D eigenvalue weighted by Gasteiger charge is -2.16. The molecule has 0 aromatic carbocycles. The predicted molar refractivity (Wildman–Crippen MR) is 86.3 cm³/mol. The first-order valence-corrected chi connectivity index (χ1v) is 7.68. The molecule has 7 heteroatoms. The second-order valence-electron chi connectivity index (χ2n) is 5.73. The number of pyridine rings is 1. The largest absolute Gasteiger partial charge is 0.497 e. The van der Waals surface area contributed by atoms with Crippen molar-refractivity contribution in [3.05, 3.63) is 36.3 Å². The zero-order chi connectivity index (χ0) is 16.2. The highest BCUT2D eigenvalue weighted by molar-refractivity contribution is 5.87. The average molecular weight is 315 g/mol. The Morgan fingerprint density at radius 1 is 1.48 bits per heavy atom. The normalized spacial score (nSPS) is 18.1. The van der Waals surface area contributed by atoms with E-state index in [1.807, 2.05) is 29.1 Å². The van der Waals surface area contributed by atoms with Crippen LogP contribution in [0.1, 0.15) is 25.1 Å². The standard InChI is InChI=1S/C16H21N5O2/c1-12(22)18-16-5-8-21(19-16)14-4-7-20(11-14)10-13-9-15(23-2)3-6-17-13/h3,5-6,8-9,14H,4,7,10-11H2,1-2H3,(H,18,19,22). The Bertz CT molecular complexity index is 685. The molecule has 1 saturated heterocycles. The molecule has 3 rings (SSSR count). The summed E-state index contributed by atoms with van der Waals surface area (Å²) < 4.78 is 7.17. The summed E-state index contributed by atoms with van der Waals surface area (Å²) in [6.07, 6.45) is 4.73. The molecule has 23 heavy (non-hydrogen) atoms. The van der Waals surface area contributed by atoms with E-state index in [1.165, 1.54) is 6.92 Å². The maximum absolute atomic E-state index is 11.1. The van der Waals surface area contributed by atoms with Crippen LogP contribution in [-0.2, 0) is 11.3 Å². The fourth-order valence-electron chi connectivity index (χ4n) is 2.86. The number of carbonyl (C=O) groups excluding carboxylic acids is 1. The van der Waals surface area contributed by atoms with Crippen LogP contribution in [0.15, 0.2) is 30.6 Å². The Labute approximate surface area is 135 Å². The van der Waals surface area contributed by atoms with Crippen LogP contribution in [0, 0.1) is 0 Å². The SMILES string of the molecule is COc1ccnc(CN2CCC(n3ccc(NC(C)=O)n3)C2)c1. The molecule has 122 valence electrons. The fraction of sp³-hybridized carbons (Fsp3) is 0.438. The Hall–Kier alpha value is -2.41. The number of hydrogen-bond acceptors (Lipinski definition) is 5. The van der Waals surface area contributed by atoms with Gasteiger partial charge in [0.1, 0.15) is 5.75 Å². The first-order valence-electron chi connectivity index (χ1n) is 7.68. The van der Waals surface area contributed by atoms with Crippen LogP contribution in [0.25, 0.3) is 0 Å². The quantitative estimate of drug-likeness (QED) is 0.909. The number of rotatable bonds is 5. The Balaban J connectivity index is 1.59. The van der Waals surface area contributed by atoms with Crippen molar-refractivity contribution >= 4 is 11.7 Å². The van der Waals surface area contributed by atoms with Gasteiger partial charge in [0.25, 0.3) is 0 Å². The van der Waals surface area contributed by atoms with E-state index in [0.29, 0.717) is 11.9 Å². The molecule has 2 aromatic heterocycles. The van der Waals surface area contributed by atoms with Gasteiger partial charge in [-0.3, -0.25) is 19.4 Å². The van der Waals surface area contributed by atoms with Gasteiger partial charge in [-0.15, -0.1) is 0 Å². The van der Waals surface area contributed by atoms with Crippen LogP contribution in [0.5, 0.6) is 5.75 Å². The summed E-state index contributed by atoms with van der Waals surface area (Å²) in [5, 5.41) is 7.13. The third-order valence-corrected chi connectivity index (χ3v) is 3.94. The van der Waals surface area contributed by atoms with E-state index in [4.69, 9.17) is 4.74 Å². The second kappa shape index (κ2) is 6.78. The molecule has 1 amide bonds. The van der Waals surface area contributed by atoms with Gasteiger partial charge in [0.05, 0.1) is 18.8 Å². The first kappa shape index (κ1) is 15.5. The lowest BCUT2D eigenvalue weighted by molar-refractivity contribution is -0.114. The van der Waals surface area contributed by atoms with Crippen molar-refractivity contribution < 1.29 is 9.53 Å². The topological polar surface area (TPSA) is 72.3 Å². The highest BCUT2D eigenvalue weighted by atomic mass is 16.5. The van der Waals surface area contributed by atoms with Gasteiger partial charge >= 0.3 is 0 Å². The Morgan fingerprint density at radius 3 is 3.13 bits per heavy atom. The highest BCUT2D eigenvalue weighted by Gasteiger charge is 2.25. The van der Waals surface area contributed by atoms with E-state index in [9.17, 15) is 4.79 Å². The number of methoxy groups -OCH3 is 1. The molecule has 1 aliphatic rings. The monoisotopic (exact) mass is 315 g/mol. The molecule has 1 atom stereocenters. The van der Waals surface area contributed by atoms with Crippen LogP contribution in [0.3, 0.4) is 0 Å². The maximum atomic E-state index is 11.1. The summed E-state index contributed by atoms with van der Waals surface area (Å²) in [5.41, 5.74) is 1.00. The highest BCUT2D eigenvalue weighted by Crippen LogP contribution is 2.23. The van der Waals surface area contributed by atoms with Crippen LogP contribution in [0.2, 0.25) is 0 Å². The number of nitrogens with zero attached hydrogens (tertiary/aromatic N) is 4. The number of carbonyl (C=O) groups is 1. The van der Waals surface area contributed by atoms with Crippen LogP contribution < -0.4 is 10.1 Å². The van der Waals surface area contributed by atoms with Crippen molar-refractivity contribution in [3.8, 4) is 5.75 Å². The molecule has 1 unspecified atom stereocenters. The fourth-order valence-corrected chi connectivity index (χ4v) is 2.86. The van der Waals surface area contributed by atoms with E-state index in [1.54, 1.807) is 13.3 Å². The molecule has 1 N–H and O–H groups in total. The van der Waals surface area contributed by atoms with Crippen molar-refractivity contribution in [3.63, 3.8) is 0 Å². The van der Waals surface area contributed by atoms with Gasteiger partial charge in [-0.05, 0) is 12.5 Å². The van der Waals surface area contributed by atoms with Crippen molar-refractivity contribution in [2.24, 2.45) is 0 Å². The molecule has 1 fully saturated rings. The van der Waals surface area contributed by atoms with Gasteiger partial charge in [0.15, 0.2) is 5.82 Å². The molecule has 7 nitrogen and oxygen atoms in total. The van der Waals surface area contributed by atoms with Crippen molar-refractivity contribution in [2.45, 2.75) is 25.9 Å². The number of hydrogen-bond donors (Lipinski definition) is 1. The summed E-state index contributed by atoms with van der Waals surface area (Å²) in [7, 11) is 1.66. The molecular weight excluding hydrogens is 294 g/mol. The molecule has 3 heterocycles. The van der Waals surface area contributed by atoms with Gasteiger partial charge < -0.3 is 10.1 Å². The van der Waals surface area contributed by atoms with Gasteiger partial charge in [-0.1, -0.05) is 0 Å². The number of anilines is 1. The van der Waals surface area contributed by atoms with Gasteiger partial charge in [-0.2, -0.15) is 5.10 Å². The zero-order valence-corrected chi connectivity index (χ0v) is 13.4. The number of likely N-dealkylation sites (tertiary alicyclic amines) is 1. The minimum Gasteiger partial charge on any atom is -0.497 e. The zero-order valence-electron chi connectivity index (χ0n) is 13.4. The molecule has 2 aromatic rings. The second-order valence-corrected chi connectivity index (χ2v) is 5.73.